The Morgan fingerprint density at radius 2 is 1.68 bits per heavy atom. The van der Waals surface area contributed by atoms with E-state index in [1.807, 2.05) is 13.8 Å². The van der Waals surface area contributed by atoms with Gasteiger partial charge in [-0.05, 0) is 34.7 Å². The lowest BCUT2D eigenvalue weighted by molar-refractivity contribution is -0.139. The summed E-state index contributed by atoms with van der Waals surface area (Å²) in [4.78, 5) is 11.5. The topological polar surface area (TPSA) is 69.7 Å². The number of hydrogen-bond donors (Lipinski definition) is 0. The van der Waals surface area contributed by atoms with Gasteiger partial charge in [-0.15, -0.1) is 0 Å². The Kier molecular flexibility index (Phi) is 6.38. The summed E-state index contributed by atoms with van der Waals surface area (Å²) in [6.45, 7) is 3.97. The van der Waals surface area contributed by atoms with Crippen molar-refractivity contribution in [3.8, 4) is 16.9 Å². The average Bonchev–Trinajstić information content (AvgIpc) is 2.61. The molecule has 0 unspecified atom stereocenters. The van der Waals surface area contributed by atoms with Gasteiger partial charge in [0.1, 0.15) is 0 Å². The van der Waals surface area contributed by atoms with Crippen molar-refractivity contribution < 1.29 is 35.3 Å². The van der Waals surface area contributed by atoms with Crippen molar-refractivity contribution in [3.05, 3.63) is 53.6 Å². The molecule has 0 fully saturated rings. The maximum atomic E-state index is 12.7. The van der Waals surface area contributed by atoms with Gasteiger partial charge in [0.15, 0.2) is 5.75 Å². The summed E-state index contributed by atoms with van der Waals surface area (Å²) in [6, 6.07) is 10.7. The normalized spacial score (nSPS) is 12.1. The van der Waals surface area contributed by atoms with Crippen LogP contribution in [0, 0.1) is 0 Å². The Morgan fingerprint density at radius 1 is 1.07 bits per heavy atom. The molecule has 0 aliphatic carbocycles. The molecule has 2 aromatic carbocycles. The van der Waals surface area contributed by atoms with Gasteiger partial charge in [-0.3, -0.25) is 4.79 Å². The first-order valence-corrected chi connectivity index (χ1v) is 9.66. The van der Waals surface area contributed by atoms with Crippen LogP contribution in [0.5, 0.6) is 5.75 Å². The molecular weight excluding hydrogens is 397 g/mol. The number of halogens is 3. The van der Waals surface area contributed by atoms with Crippen LogP contribution in [-0.4, -0.2) is 27.0 Å². The second-order valence-corrected chi connectivity index (χ2v) is 7.88. The monoisotopic (exact) mass is 416 g/mol. The SMILES string of the molecule is COC(=O)Cc1ccc(OS(=O)(=O)C(F)(F)F)c(-c2ccc(C(C)C)cc2)c1. The molecule has 2 rings (SSSR count). The number of hydrogen-bond acceptors (Lipinski definition) is 5. The average molecular weight is 416 g/mol. The zero-order valence-electron chi connectivity index (χ0n) is 15.4. The predicted octanol–water partition coefficient (Wildman–Crippen LogP) is 4.42. The van der Waals surface area contributed by atoms with Crippen LogP contribution in [0.15, 0.2) is 42.5 Å². The summed E-state index contributed by atoms with van der Waals surface area (Å²) < 4.78 is 70.0. The fraction of sp³-hybridized carbons (Fsp3) is 0.316. The lowest BCUT2D eigenvalue weighted by Gasteiger charge is -2.15. The number of rotatable bonds is 6. The second-order valence-electron chi connectivity index (χ2n) is 6.34. The number of carbonyl (C=O) groups excluding carboxylic acids is 1. The van der Waals surface area contributed by atoms with E-state index in [0.29, 0.717) is 11.1 Å². The summed E-state index contributed by atoms with van der Waals surface area (Å²) in [7, 11) is -4.63. The molecule has 0 aromatic heterocycles. The van der Waals surface area contributed by atoms with E-state index in [1.165, 1.54) is 19.2 Å². The van der Waals surface area contributed by atoms with Gasteiger partial charge in [-0.1, -0.05) is 44.2 Å². The van der Waals surface area contributed by atoms with Crippen LogP contribution in [0.4, 0.5) is 13.2 Å². The number of carbonyl (C=O) groups is 1. The third-order valence-corrected chi connectivity index (χ3v) is 4.96. The van der Waals surface area contributed by atoms with E-state index in [0.717, 1.165) is 11.6 Å². The van der Waals surface area contributed by atoms with E-state index in [4.69, 9.17) is 0 Å². The van der Waals surface area contributed by atoms with E-state index in [9.17, 15) is 26.4 Å². The van der Waals surface area contributed by atoms with Crippen molar-refractivity contribution in [3.63, 3.8) is 0 Å². The molecule has 0 N–H and O–H groups in total. The third kappa shape index (κ3) is 5.03. The van der Waals surface area contributed by atoms with E-state index in [2.05, 4.69) is 8.92 Å². The van der Waals surface area contributed by atoms with Crippen LogP contribution in [0.1, 0.15) is 30.9 Å². The van der Waals surface area contributed by atoms with Crippen molar-refractivity contribution in [2.75, 3.05) is 7.11 Å². The largest absolute Gasteiger partial charge is 0.534 e. The number of alkyl halides is 3. The highest BCUT2D eigenvalue weighted by molar-refractivity contribution is 7.88. The molecule has 2 aromatic rings. The zero-order chi connectivity index (χ0) is 21.1. The fourth-order valence-electron chi connectivity index (χ4n) is 2.44. The molecule has 0 bridgehead atoms. The quantitative estimate of drug-likeness (QED) is 0.396. The van der Waals surface area contributed by atoms with Crippen LogP contribution >= 0.6 is 0 Å². The summed E-state index contributed by atoms with van der Waals surface area (Å²) in [6.07, 6.45) is -0.125. The van der Waals surface area contributed by atoms with Crippen LogP contribution in [-0.2, 0) is 26.1 Å². The third-order valence-electron chi connectivity index (χ3n) is 3.99. The van der Waals surface area contributed by atoms with Gasteiger partial charge in [0.25, 0.3) is 0 Å². The Labute approximate surface area is 161 Å². The Bertz CT molecular complexity index is 949. The molecule has 5 nitrogen and oxygen atoms in total. The lowest BCUT2D eigenvalue weighted by Crippen LogP contribution is -2.28. The first-order valence-electron chi connectivity index (χ1n) is 8.25. The van der Waals surface area contributed by atoms with Gasteiger partial charge in [0, 0.05) is 5.56 Å². The van der Waals surface area contributed by atoms with E-state index < -0.39 is 27.3 Å². The molecule has 9 heteroatoms. The summed E-state index contributed by atoms with van der Waals surface area (Å²) in [5, 5.41) is 0. The van der Waals surface area contributed by atoms with Gasteiger partial charge in [-0.25, -0.2) is 0 Å². The van der Waals surface area contributed by atoms with E-state index >= 15 is 0 Å². The molecule has 0 aliphatic heterocycles. The highest BCUT2D eigenvalue weighted by Gasteiger charge is 2.48. The molecule has 0 aliphatic rings. The van der Waals surface area contributed by atoms with Crippen LogP contribution in [0.3, 0.4) is 0 Å². The number of benzene rings is 2. The number of ether oxygens (including phenoxy) is 1. The van der Waals surface area contributed by atoms with Crippen LogP contribution in [0.25, 0.3) is 11.1 Å². The smallest absolute Gasteiger partial charge is 0.469 e. The maximum absolute atomic E-state index is 12.7. The maximum Gasteiger partial charge on any atom is 0.534 e. The van der Waals surface area contributed by atoms with Crippen molar-refractivity contribution in [1.82, 2.24) is 0 Å². The highest BCUT2D eigenvalue weighted by Crippen LogP contribution is 2.36. The Balaban J connectivity index is 2.54. The van der Waals surface area contributed by atoms with Crippen LogP contribution < -0.4 is 4.18 Å². The fourth-order valence-corrected chi connectivity index (χ4v) is 2.91. The van der Waals surface area contributed by atoms with Gasteiger partial charge < -0.3 is 8.92 Å². The minimum atomic E-state index is -5.84. The molecule has 152 valence electrons. The first kappa shape index (κ1) is 21.7. The minimum absolute atomic E-state index is 0.115. The van der Waals surface area contributed by atoms with Crippen molar-refractivity contribution in [2.24, 2.45) is 0 Å². The number of methoxy groups -OCH3 is 1. The summed E-state index contributed by atoms with van der Waals surface area (Å²) in [5.41, 5.74) is -3.56. The van der Waals surface area contributed by atoms with Crippen LogP contribution in [0.2, 0.25) is 0 Å². The Morgan fingerprint density at radius 3 is 2.18 bits per heavy atom. The van der Waals surface area contributed by atoms with Crippen molar-refractivity contribution in [1.29, 1.82) is 0 Å². The number of esters is 1. The summed E-state index contributed by atoms with van der Waals surface area (Å²) >= 11 is 0. The van der Waals surface area contributed by atoms with E-state index in [1.54, 1.807) is 24.3 Å². The molecule has 0 saturated heterocycles. The van der Waals surface area contributed by atoms with Gasteiger partial charge >= 0.3 is 21.6 Å². The summed E-state index contributed by atoms with van der Waals surface area (Å²) in [5.74, 6) is -0.790. The minimum Gasteiger partial charge on any atom is -0.469 e. The molecule has 0 spiro atoms. The molecule has 28 heavy (non-hydrogen) atoms. The Hall–Kier alpha value is -2.55. The first-order chi connectivity index (χ1) is 12.9. The van der Waals surface area contributed by atoms with Gasteiger partial charge in [-0.2, -0.15) is 21.6 Å². The van der Waals surface area contributed by atoms with Gasteiger partial charge in [0.2, 0.25) is 0 Å². The van der Waals surface area contributed by atoms with E-state index in [-0.39, 0.29) is 17.9 Å². The molecule has 0 saturated carbocycles. The molecule has 0 heterocycles. The molecule has 0 atom stereocenters. The predicted molar refractivity (Wildman–Crippen MR) is 97.3 cm³/mol. The van der Waals surface area contributed by atoms with Crippen molar-refractivity contribution in [2.45, 2.75) is 31.7 Å². The molecule has 0 radical (unpaired) electrons. The molecule has 0 amide bonds. The lowest BCUT2D eigenvalue weighted by atomic mass is 9.97. The standard InChI is InChI=1S/C19H19F3O5S/c1-12(2)14-5-7-15(8-6-14)16-10-13(11-18(23)26-3)4-9-17(16)27-28(24,25)19(20,21)22/h4-10,12H,11H2,1-3H3. The molecular formula is C19H19F3O5S. The highest BCUT2D eigenvalue weighted by atomic mass is 32.2. The second kappa shape index (κ2) is 8.22. The zero-order valence-corrected chi connectivity index (χ0v) is 16.2. The van der Waals surface area contributed by atoms with Crippen molar-refractivity contribution >= 4 is 16.1 Å². The van der Waals surface area contributed by atoms with Gasteiger partial charge in [0.05, 0.1) is 13.5 Å².